The van der Waals surface area contributed by atoms with Crippen LogP contribution in [0.25, 0.3) is 16.6 Å². The topological polar surface area (TPSA) is 82.9 Å². The summed E-state index contributed by atoms with van der Waals surface area (Å²) >= 11 is 0. The Hall–Kier alpha value is -4.33. The van der Waals surface area contributed by atoms with Gasteiger partial charge in [-0.05, 0) is 55.2 Å². The molecule has 1 amide bonds. The number of methoxy groups -OCH3 is 3. The zero-order valence-electron chi connectivity index (χ0n) is 24.0. The van der Waals surface area contributed by atoms with Gasteiger partial charge in [-0.15, -0.1) is 0 Å². The zero-order valence-corrected chi connectivity index (χ0v) is 24.0. The van der Waals surface area contributed by atoms with E-state index in [2.05, 4.69) is 13.8 Å². The molecule has 1 heterocycles. The van der Waals surface area contributed by atoms with Gasteiger partial charge in [-0.1, -0.05) is 45.0 Å². The number of carbonyl (C=O) groups excluding carboxylic acids is 1. The summed E-state index contributed by atoms with van der Waals surface area (Å²) in [5.41, 5.74) is 1.36. The molecule has 8 heteroatoms. The lowest BCUT2D eigenvalue weighted by Gasteiger charge is -2.33. The normalized spacial score (nSPS) is 11.9. The van der Waals surface area contributed by atoms with Gasteiger partial charge in [0.15, 0.2) is 0 Å². The molecule has 3 aromatic carbocycles. The molecule has 8 nitrogen and oxygen atoms in total. The Morgan fingerprint density at radius 2 is 1.57 bits per heavy atom. The molecule has 0 bridgehead atoms. The van der Waals surface area contributed by atoms with Crippen LogP contribution in [0.3, 0.4) is 0 Å². The number of carbonyl (C=O) groups is 1. The third-order valence-electron chi connectivity index (χ3n) is 7.00. The molecule has 0 spiro atoms. The number of hydrogen-bond acceptors (Lipinski definition) is 6. The molecular weight excluding hydrogens is 506 g/mol. The number of aromatic nitrogens is 2. The first-order valence-electron chi connectivity index (χ1n) is 13.5. The summed E-state index contributed by atoms with van der Waals surface area (Å²) in [6.07, 6.45) is 1.31. The zero-order chi connectivity index (χ0) is 28.8. The van der Waals surface area contributed by atoms with Gasteiger partial charge >= 0.3 is 0 Å². The van der Waals surface area contributed by atoms with Gasteiger partial charge in [0.2, 0.25) is 0 Å². The minimum Gasteiger partial charge on any atom is -0.497 e. The number of para-hydroxylation sites is 3. The van der Waals surface area contributed by atoms with Gasteiger partial charge in [0, 0.05) is 18.2 Å². The van der Waals surface area contributed by atoms with E-state index in [1.165, 1.54) is 0 Å². The van der Waals surface area contributed by atoms with Gasteiger partial charge in [-0.3, -0.25) is 14.2 Å². The monoisotopic (exact) mass is 543 g/mol. The Morgan fingerprint density at radius 3 is 2.20 bits per heavy atom. The fourth-order valence-corrected chi connectivity index (χ4v) is 4.86. The minimum atomic E-state index is -0.509. The Labute approximate surface area is 235 Å². The molecule has 1 unspecified atom stereocenters. The van der Waals surface area contributed by atoms with E-state index in [1.54, 1.807) is 50.2 Å². The maximum Gasteiger partial charge on any atom is 0.266 e. The van der Waals surface area contributed by atoms with E-state index in [9.17, 15) is 9.59 Å². The summed E-state index contributed by atoms with van der Waals surface area (Å²) in [5, 5.41) is 0.490. The van der Waals surface area contributed by atoms with Crippen molar-refractivity contribution in [1.82, 2.24) is 14.5 Å². The Bertz CT molecular complexity index is 1520. The van der Waals surface area contributed by atoms with Crippen LogP contribution in [0.4, 0.5) is 0 Å². The van der Waals surface area contributed by atoms with Crippen LogP contribution in [0.5, 0.6) is 17.2 Å². The van der Waals surface area contributed by atoms with Crippen LogP contribution in [0.1, 0.15) is 55.8 Å². The van der Waals surface area contributed by atoms with Gasteiger partial charge < -0.3 is 19.1 Å². The summed E-state index contributed by atoms with van der Waals surface area (Å²) < 4.78 is 18.1. The van der Waals surface area contributed by atoms with E-state index in [0.717, 1.165) is 6.42 Å². The molecular formula is C32H37N3O5. The molecule has 0 aliphatic heterocycles. The maximum absolute atomic E-state index is 14.3. The standard InChI is InChI=1S/C32H37N3O5/c1-7-27(34(17-16-21(2)3)31(36)22-18-23(38-4)20-24(19-22)39-5)30-33-26-13-9-8-12-25(26)32(37)35(30)28-14-10-11-15-29(28)40-6/h8-15,18-21,27H,7,16-17H2,1-6H3. The molecule has 4 aromatic rings. The number of benzene rings is 3. The van der Waals surface area contributed by atoms with E-state index in [4.69, 9.17) is 19.2 Å². The third-order valence-corrected chi connectivity index (χ3v) is 7.00. The van der Waals surface area contributed by atoms with Crippen molar-refractivity contribution in [2.24, 2.45) is 5.92 Å². The first-order chi connectivity index (χ1) is 19.3. The molecule has 40 heavy (non-hydrogen) atoms. The van der Waals surface area contributed by atoms with Crippen molar-refractivity contribution in [2.45, 2.75) is 39.7 Å². The number of ether oxygens (including phenoxy) is 3. The van der Waals surface area contributed by atoms with Crippen molar-refractivity contribution in [2.75, 3.05) is 27.9 Å². The van der Waals surface area contributed by atoms with Crippen molar-refractivity contribution in [3.8, 4) is 22.9 Å². The quantitative estimate of drug-likeness (QED) is 0.229. The summed E-state index contributed by atoms with van der Waals surface area (Å²) in [6, 6.07) is 19.3. The molecule has 1 aromatic heterocycles. The second kappa shape index (κ2) is 12.7. The summed E-state index contributed by atoms with van der Waals surface area (Å²) in [7, 11) is 4.68. The second-order valence-electron chi connectivity index (χ2n) is 10.0. The summed E-state index contributed by atoms with van der Waals surface area (Å²) in [6.45, 7) is 6.72. The van der Waals surface area contributed by atoms with Crippen LogP contribution in [-0.4, -0.2) is 48.2 Å². The van der Waals surface area contributed by atoms with Crippen molar-refractivity contribution >= 4 is 16.8 Å². The highest BCUT2D eigenvalue weighted by atomic mass is 16.5. The molecule has 4 rings (SSSR count). The lowest BCUT2D eigenvalue weighted by molar-refractivity contribution is 0.0648. The van der Waals surface area contributed by atoms with E-state index < -0.39 is 6.04 Å². The predicted octanol–water partition coefficient (Wildman–Crippen LogP) is 6.05. The van der Waals surface area contributed by atoms with E-state index in [0.29, 0.717) is 64.1 Å². The number of hydrogen-bond donors (Lipinski definition) is 0. The highest BCUT2D eigenvalue weighted by Gasteiger charge is 2.31. The smallest absolute Gasteiger partial charge is 0.266 e. The van der Waals surface area contributed by atoms with Gasteiger partial charge in [-0.2, -0.15) is 0 Å². The van der Waals surface area contributed by atoms with Gasteiger partial charge in [-0.25, -0.2) is 4.98 Å². The molecule has 0 radical (unpaired) electrons. The SMILES string of the molecule is CCC(c1nc2ccccc2c(=O)n1-c1ccccc1OC)N(CCC(C)C)C(=O)c1cc(OC)cc(OC)c1. The first-order valence-corrected chi connectivity index (χ1v) is 13.5. The summed E-state index contributed by atoms with van der Waals surface area (Å²) in [4.78, 5) is 35.2. The lowest BCUT2D eigenvalue weighted by atomic mass is 10.0. The summed E-state index contributed by atoms with van der Waals surface area (Å²) in [5.74, 6) is 2.22. The average Bonchev–Trinajstić information content (AvgIpc) is 2.98. The highest BCUT2D eigenvalue weighted by molar-refractivity contribution is 5.95. The predicted molar refractivity (Wildman–Crippen MR) is 157 cm³/mol. The molecule has 1 atom stereocenters. The van der Waals surface area contributed by atoms with Crippen molar-refractivity contribution in [3.05, 3.63) is 88.5 Å². The van der Waals surface area contributed by atoms with Crippen LogP contribution in [0.2, 0.25) is 0 Å². The molecule has 0 aliphatic rings. The lowest BCUT2D eigenvalue weighted by Crippen LogP contribution is -2.39. The molecule has 0 saturated carbocycles. The van der Waals surface area contributed by atoms with Crippen molar-refractivity contribution in [3.63, 3.8) is 0 Å². The minimum absolute atomic E-state index is 0.196. The first kappa shape index (κ1) is 28.7. The molecule has 0 fully saturated rings. The number of rotatable bonds is 11. The Morgan fingerprint density at radius 1 is 0.925 bits per heavy atom. The number of fused-ring (bicyclic) bond motifs is 1. The van der Waals surface area contributed by atoms with Crippen molar-refractivity contribution in [1.29, 1.82) is 0 Å². The second-order valence-corrected chi connectivity index (χ2v) is 10.0. The van der Waals surface area contributed by atoms with Gasteiger partial charge in [0.25, 0.3) is 11.5 Å². The molecule has 0 N–H and O–H groups in total. The van der Waals surface area contributed by atoms with Crippen LogP contribution < -0.4 is 19.8 Å². The third kappa shape index (κ3) is 5.81. The molecule has 210 valence electrons. The van der Waals surface area contributed by atoms with E-state index in [-0.39, 0.29) is 11.5 Å². The average molecular weight is 544 g/mol. The van der Waals surface area contributed by atoms with Gasteiger partial charge in [0.1, 0.15) is 23.1 Å². The number of nitrogens with zero attached hydrogens (tertiary/aromatic N) is 3. The molecule has 0 saturated heterocycles. The van der Waals surface area contributed by atoms with Crippen LogP contribution in [-0.2, 0) is 0 Å². The fraction of sp³-hybridized carbons (Fsp3) is 0.344. The van der Waals surface area contributed by atoms with Crippen molar-refractivity contribution < 1.29 is 19.0 Å². The van der Waals surface area contributed by atoms with E-state index in [1.807, 2.05) is 54.3 Å². The Kier molecular flexibility index (Phi) is 9.09. The number of amides is 1. The van der Waals surface area contributed by atoms with Crippen LogP contribution in [0.15, 0.2) is 71.5 Å². The van der Waals surface area contributed by atoms with E-state index >= 15 is 0 Å². The molecule has 0 aliphatic carbocycles. The van der Waals surface area contributed by atoms with Gasteiger partial charge in [0.05, 0.1) is 44.0 Å². The highest BCUT2D eigenvalue weighted by Crippen LogP contribution is 2.32. The maximum atomic E-state index is 14.3. The Balaban J connectivity index is 1.97. The van der Waals surface area contributed by atoms with Crippen LogP contribution in [0, 0.1) is 5.92 Å². The largest absolute Gasteiger partial charge is 0.497 e. The fourth-order valence-electron chi connectivity index (χ4n) is 4.86. The van der Waals surface area contributed by atoms with Crippen LogP contribution >= 0.6 is 0 Å².